The average molecular weight is 363 g/mol. The Hall–Kier alpha value is -1.46. The second-order valence-electron chi connectivity index (χ2n) is 6.38. The molecule has 114 valence electrons. The molecule has 1 heterocycles. The van der Waals surface area contributed by atoms with Crippen LogP contribution < -0.4 is 0 Å². The number of aromatic nitrogens is 2. The molecule has 4 rings (SSSR count). The van der Waals surface area contributed by atoms with Crippen molar-refractivity contribution in [1.82, 2.24) is 9.78 Å². The highest BCUT2D eigenvalue weighted by molar-refractivity contribution is 9.10. The van der Waals surface area contributed by atoms with Gasteiger partial charge in [-0.15, -0.1) is 0 Å². The Morgan fingerprint density at radius 1 is 1.32 bits per heavy atom. The zero-order valence-electron chi connectivity index (χ0n) is 12.2. The average Bonchev–Trinajstić information content (AvgIpc) is 2.97. The highest BCUT2D eigenvalue weighted by Crippen LogP contribution is 2.57. The molecule has 1 saturated carbocycles. The molecule has 0 aliphatic heterocycles. The lowest BCUT2D eigenvalue weighted by Gasteiger charge is -2.38. The van der Waals surface area contributed by atoms with Gasteiger partial charge < -0.3 is 5.11 Å². The summed E-state index contributed by atoms with van der Waals surface area (Å²) in [4.78, 5) is 0. The molecule has 1 aromatic carbocycles. The van der Waals surface area contributed by atoms with Crippen molar-refractivity contribution in [1.29, 1.82) is 0 Å². The molecule has 0 unspecified atom stereocenters. The zero-order valence-corrected chi connectivity index (χ0v) is 13.8. The summed E-state index contributed by atoms with van der Waals surface area (Å²) in [5.74, 6) is -0.254. The van der Waals surface area contributed by atoms with Crippen LogP contribution in [0.1, 0.15) is 31.0 Å². The molecule has 2 aromatic rings. The van der Waals surface area contributed by atoms with Crippen molar-refractivity contribution in [2.45, 2.75) is 30.7 Å². The summed E-state index contributed by atoms with van der Waals surface area (Å²) in [6.07, 6.45) is 6.31. The van der Waals surface area contributed by atoms with Crippen molar-refractivity contribution < 1.29 is 9.50 Å². The molecule has 0 bridgehead atoms. The summed E-state index contributed by atoms with van der Waals surface area (Å²) in [5, 5.41) is 15.1. The smallest absolute Gasteiger partial charge is 0.129 e. The number of halogens is 2. The molecule has 2 aliphatic rings. The van der Waals surface area contributed by atoms with Crippen LogP contribution >= 0.6 is 15.9 Å². The molecule has 1 aromatic heterocycles. The maximum absolute atomic E-state index is 13.1. The fraction of sp³-hybridized carbons (Fsp3) is 0.353. The highest BCUT2D eigenvalue weighted by Gasteiger charge is 2.53. The lowest BCUT2D eigenvalue weighted by atomic mass is 9.74. The van der Waals surface area contributed by atoms with E-state index in [1.807, 2.05) is 10.9 Å². The highest BCUT2D eigenvalue weighted by atomic mass is 79.9. The number of alkyl halides is 1. The van der Waals surface area contributed by atoms with Crippen LogP contribution in [-0.2, 0) is 6.42 Å². The lowest BCUT2D eigenvalue weighted by Crippen LogP contribution is -2.40. The summed E-state index contributed by atoms with van der Waals surface area (Å²) < 4.78 is 14.1. The van der Waals surface area contributed by atoms with E-state index in [4.69, 9.17) is 0 Å². The van der Waals surface area contributed by atoms with E-state index >= 15 is 0 Å². The van der Waals surface area contributed by atoms with Gasteiger partial charge in [-0.1, -0.05) is 28.4 Å². The first kappa shape index (κ1) is 14.2. The van der Waals surface area contributed by atoms with Gasteiger partial charge in [0.15, 0.2) is 0 Å². The molecular formula is C17H16BrFN2O. The van der Waals surface area contributed by atoms with E-state index in [0.29, 0.717) is 6.42 Å². The fourth-order valence-electron chi connectivity index (χ4n) is 3.59. The summed E-state index contributed by atoms with van der Waals surface area (Å²) >= 11 is 3.50. The molecule has 22 heavy (non-hydrogen) atoms. The van der Waals surface area contributed by atoms with Crippen molar-refractivity contribution in [2.24, 2.45) is 5.41 Å². The van der Waals surface area contributed by atoms with Crippen LogP contribution in [0.5, 0.6) is 0 Å². The number of hydrogen-bond acceptors (Lipinski definition) is 2. The van der Waals surface area contributed by atoms with Gasteiger partial charge in [-0.25, -0.2) is 9.07 Å². The van der Waals surface area contributed by atoms with Gasteiger partial charge in [-0.3, -0.25) is 0 Å². The Morgan fingerprint density at radius 2 is 2.05 bits per heavy atom. The van der Waals surface area contributed by atoms with E-state index in [9.17, 15) is 9.50 Å². The normalized spacial score (nSPS) is 29.9. The third-order valence-electron chi connectivity index (χ3n) is 5.09. The van der Waals surface area contributed by atoms with Gasteiger partial charge in [0.25, 0.3) is 0 Å². The van der Waals surface area contributed by atoms with Crippen molar-refractivity contribution in [2.75, 3.05) is 0 Å². The minimum absolute atomic E-state index is 0.254. The second kappa shape index (κ2) is 4.52. The number of benzene rings is 1. The topological polar surface area (TPSA) is 38.0 Å². The van der Waals surface area contributed by atoms with Crippen molar-refractivity contribution in [3.05, 3.63) is 53.1 Å². The Labute approximate surface area is 136 Å². The summed E-state index contributed by atoms with van der Waals surface area (Å²) in [7, 11) is 0. The van der Waals surface area contributed by atoms with Crippen LogP contribution in [0.15, 0.2) is 36.0 Å². The van der Waals surface area contributed by atoms with Crippen molar-refractivity contribution in [3.8, 4) is 5.69 Å². The predicted molar refractivity (Wildman–Crippen MR) is 86.4 cm³/mol. The summed E-state index contributed by atoms with van der Waals surface area (Å²) in [6, 6.07) is 6.33. The molecule has 5 heteroatoms. The number of hydrogen-bond donors (Lipinski definition) is 1. The van der Waals surface area contributed by atoms with E-state index in [1.165, 1.54) is 17.7 Å². The molecule has 3 nitrogen and oxygen atoms in total. The summed E-state index contributed by atoms with van der Waals surface area (Å²) in [6.45, 7) is 2.10. The van der Waals surface area contributed by atoms with Gasteiger partial charge in [0.05, 0.1) is 17.6 Å². The van der Waals surface area contributed by atoms with Gasteiger partial charge in [0.2, 0.25) is 0 Å². The van der Waals surface area contributed by atoms with Gasteiger partial charge in [-0.05, 0) is 55.2 Å². The first-order valence-electron chi connectivity index (χ1n) is 7.36. The molecule has 0 spiro atoms. The minimum Gasteiger partial charge on any atom is -0.378 e. The second-order valence-corrected chi connectivity index (χ2v) is 7.69. The van der Waals surface area contributed by atoms with E-state index in [0.717, 1.165) is 29.8 Å². The van der Waals surface area contributed by atoms with Crippen LogP contribution in [0.3, 0.4) is 0 Å². The maximum Gasteiger partial charge on any atom is 0.129 e. The number of aliphatic hydroxyl groups is 1. The SMILES string of the molecule is C[C@]12Cc3cnn(-c4ccc(F)cc4)c3C=C1CC[C@@]2(O)Br. The summed E-state index contributed by atoms with van der Waals surface area (Å²) in [5.41, 5.74) is 3.93. The zero-order chi connectivity index (χ0) is 15.5. The monoisotopic (exact) mass is 362 g/mol. The van der Waals surface area contributed by atoms with Gasteiger partial charge in [-0.2, -0.15) is 5.10 Å². The van der Waals surface area contributed by atoms with Crippen LogP contribution in [-0.4, -0.2) is 19.4 Å². The standard InChI is InChI=1S/C17H16BrFN2O/c1-16-9-11-10-20-21(14-4-2-13(19)3-5-14)15(11)8-12(16)6-7-17(16,18)22/h2-5,8,10,22H,6-7,9H2,1H3/t16-,17-/m0/s1. The van der Waals surface area contributed by atoms with E-state index in [-0.39, 0.29) is 11.2 Å². The molecule has 2 aliphatic carbocycles. The molecular weight excluding hydrogens is 347 g/mol. The lowest BCUT2D eigenvalue weighted by molar-refractivity contribution is 0.0556. The van der Waals surface area contributed by atoms with Crippen LogP contribution in [0.4, 0.5) is 4.39 Å². The van der Waals surface area contributed by atoms with E-state index in [1.54, 1.807) is 12.1 Å². The van der Waals surface area contributed by atoms with Gasteiger partial charge in [0.1, 0.15) is 10.3 Å². The first-order valence-corrected chi connectivity index (χ1v) is 8.15. The molecule has 2 atom stereocenters. The third kappa shape index (κ3) is 1.85. The van der Waals surface area contributed by atoms with Gasteiger partial charge in [0, 0.05) is 5.41 Å². The quantitative estimate of drug-likeness (QED) is 0.782. The largest absolute Gasteiger partial charge is 0.378 e. The molecule has 0 radical (unpaired) electrons. The van der Waals surface area contributed by atoms with Crippen molar-refractivity contribution >= 4 is 22.0 Å². The number of rotatable bonds is 1. The van der Waals surface area contributed by atoms with Crippen LogP contribution in [0, 0.1) is 11.2 Å². The minimum atomic E-state index is -0.860. The van der Waals surface area contributed by atoms with Crippen LogP contribution in [0.2, 0.25) is 0 Å². The van der Waals surface area contributed by atoms with Crippen LogP contribution in [0.25, 0.3) is 11.8 Å². The van der Waals surface area contributed by atoms with Gasteiger partial charge >= 0.3 is 0 Å². The Balaban J connectivity index is 1.82. The fourth-order valence-corrected chi connectivity index (χ4v) is 4.19. The van der Waals surface area contributed by atoms with E-state index < -0.39 is 4.51 Å². The third-order valence-corrected chi connectivity index (χ3v) is 6.36. The molecule has 0 saturated heterocycles. The molecule has 1 fully saturated rings. The predicted octanol–water partition coefficient (Wildman–Crippen LogP) is 3.83. The molecule has 0 amide bonds. The molecule has 1 N–H and O–H groups in total. The van der Waals surface area contributed by atoms with Crippen molar-refractivity contribution in [3.63, 3.8) is 0 Å². The van der Waals surface area contributed by atoms with E-state index in [2.05, 4.69) is 34.0 Å². The Morgan fingerprint density at radius 3 is 2.77 bits per heavy atom. The Kier molecular flexibility index (Phi) is 2.91. The number of nitrogens with zero attached hydrogens (tertiary/aromatic N) is 2. The Bertz CT molecular complexity index is 778. The maximum atomic E-state index is 13.1. The first-order chi connectivity index (χ1) is 10.4. The number of fused-ring (bicyclic) bond motifs is 2.